The lowest BCUT2D eigenvalue weighted by molar-refractivity contribution is -0.323. The fourth-order valence-corrected chi connectivity index (χ4v) is 4.31. The van der Waals surface area contributed by atoms with E-state index in [4.69, 9.17) is 19.3 Å². The number of rotatable bonds is 8. The van der Waals surface area contributed by atoms with Crippen molar-refractivity contribution >= 4 is 17.8 Å². The number of ether oxygens (including phenoxy) is 4. The van der Waals surface area contributed by atoms with Crippen LogP contribution in [0.4, 0.5) is 8.78 Å². The molecule has 2 aliphatic heterocycles. The molecule has 2 N–H and O–H groups in total. The van der Waals surface area contributed by atoms with E-state index in [-0.39, 0.29) is 42.6 Å². The predicted octanol–water partition coefficient (Wildman–Crippen LogP) is 3.19. The molecule has 0 spiro atoms. The van der Waals surface area contributed by atoms with Gasteiger partial charge in [-0.2, -0.15) is 0 Å². The minimum atomic E-state index is -1.91. The second-order valence-corrected chi connectivity index (χ2v) is 9.16. The molecule has 0 radical (unpaired) electrons. The molecule has 2 saturated heterocycles. The zero-order valence-corrected chi connectivity index (χ0v) is 22.4. The zero-order valence-electron chi connectivity index (χ0n) is 22.4. The van der Waals surface area contributed by atoms with Crippen LogP contribution in [0.1, 0.15) is 38.2 Å². The number of aliphatic carboxylic acids is 1. The first-order valence-electron chi connectivity index (χ1n) is 13.1. The minimum absolute atomic E-state index is 0.0276. The minimum Gasteiger partial charge on any atom is -0.487 e. The number of amides is 1. The highest BCUT2D eigenvalue weighted by Crippen LogP contribution is 2.33. The molecule has 2 heterocycles. The van der Waals surface area contributed by atoms with E-state index >= 15 is 0 Å². The van der Waals surface area contributed by atoms with E-state index in [2.05, 4.69) is 17.0 Å². The second kappa shape index (κ2) is 14.7. The summed E-state index contributed by atoms with van der Waals surface area (Å²) in [7, 11) is 1.83. The zero-order chi connectivity index (χ0) is 29.1. The van der Waals surface area contributed by atoms with E-state index in [9.17, 15) is 23.2 Å². The van der Waals surface area contributed by atoms with Crippen molar-refractivity contribution in [2.75, 3.05) is 33.4 Å². The van der Waals surface area contributed by atoms with E-state index in [0.717, 1.165) is 37.8 Å². The van der Waals surface area contributed by atoms with Crippen LogP contribution in [-0.4, -0.2) is 73.3 Å². The smallest absolute Gasteiger partial charge is 0.421 e. The maximum atomic E-state index is 13.6. The summed E-state index contributed by atoms with van der Waals surface area (Å²) in [5.74, 6) is -5.56. The van der Waals surface area contributed by atoms with Crippen molar-refractivity contribution < 1.29 is 47.2 Å². The van der Waals surface area contributed by atoms with Crippen molar-refractivity contribution in [3.8, 4) is 5.75 Å². The normalized spacial score (nSPS) is 17.4. The molecule has 0 aromatic heterocycles. The molecule has 0 saturated carbocycles. The summed E-state index contributed by atoms with van der Waals surface area (Å²) in [5.41, 5.74) is 0.205. The molecule has 2 fully saturated rings. The maximum absolute atomic E-state index is 13.6. The number of carboxylic acids is 1. The Morgan fingerprint density at radius 2 is 1.70 bits per heavy atom. The van der Waals surface area contributed by atoms with Gasteiger partial charge in [0.25, 0.3) is 0 Å². The van der Waals surface area contributed by atoms with Crippen LogP contribution in [0.15, 0.2) is 48.5 Å². The molecule has 4 rings (SSSR count). The topological polar surface area (TPSA) is 124 Å². The van der Waals surface area contributed by atoms with Crippen molar-refractivity contribution in [1.29, 1.82) is 0 Å². The molecule has 0 bridgehead atoms. The van der Waals surface area contributed by atoms with Crippen LogP contribution in [0, 0.1) is 11.6 Å². The van der Waals surface area contributed by atoms with Crippen molar-refractivity contribution in [1.82, 2.24) is 10.2 Å². The number of benzene rings is 2. The Morgan fingerprint density at radius 3 is 2.25 bits per heavy atom. The van der Waals surface area contributed by atoms with Crippen molar-refractivity contribution in [3.63, 3.8) is 0 Å². The third kappa shape index (κ3) is 8.20. The van der Waals surface area contributed by atoms with E-state index in [1.165, 1.54) is 18.2 Å². The summed E-state index contributed by atoms with van der Waals surface area (Å²) < 4.78 is 47.1. The van der Waals surface area contributed by atoms with Gasteiger partial charge < -0.3 is 34.3 Å². The lowest BCUT2D eigenvalue weighted by atomic mass is 10.0. The lowest BCUT2D eigenvalue weighted by Crippen LogP contribution is -2.49. The van der Waals surface area contributed by atoms with Crippen LogP contribution >= 0.6 is 0 Å². The Morgan fingerprint density at radius 1 is 1.07 bits per heavy atom. The number of piperidine rings is 1. The number of nitrogens with zero attached hydrogens (tertiary/aromatic N) is 1. The van der Waals surface area contributed by atoms with Crippen LogP contribution in [0.2, 0.25) is 0 Å². The Bertz CT molecular complexity index is 1130. The number of halogens is 2. The van der Waals surface area contributed by atoms with Gasteiger partial charge >= 0.3 is 17.9 Å². The number of likely N-dealkylation sites (tertiary alicyclic amines) is 1. The van der Waals surface area contributed by atoms with Gasteiger partial charge in [0, 0.05) is 25.9 Å². The summed E-state index contributed by atoms with van der Waals surface area (Å²) >= 11 is 0. The van der Waals surface area contributed by atoms with Gasteiger partial charge in [0.05, 0.1) is 24.8 Å². The number of likely N-dealkylation sites (N-methyl/N-ethyl adjacent to an activating group) is 1. The SMILES string of the molecule is CCCC(NC)C(=O)N1CCC(Oc2ccccc2F)CC1.O=C(O)C(=O)OC1(c2ccc(F)cc2)OCCO1. The Kier molecular flexibility index (Phi) is 11.4. The van der Waals surface area contributed by atoms with E-state index in [1.54, 1.807) is 18.2 Å². The number of hydrogen-bond donors (Lipinski definition) is 2. The van der Waals surface area contributed by atoms with E-state index in [0.29, 0.717) is 18.8 Å². The fourth-order valence-electron chi connectivity index (χ4n) is 4.31. The Hall–Kier alpha value is -3.61. The highest BCUT2D eigenvalue weighted by atomic mass is 19.1. The summed E-state index contributed by atoms with van der Waals surface area (Å²) in [5, 5.41) is 11.6. The third-order valence-electron chi connectivity index (χ3n) is 6.37. The van der Waals surface area contributed by atoms with Crippen molar-refractivity contribution in [3.05, 3.63) is 65.7 Å². The molecule has 12 heteroatoms. The van der Waals surface area contributed by atoms with Crippen LogP contribution in [0.3, 0.4) is 0 Å². The summed E-state index contributed by atoms with van der Waals surface area (Å²) in [6.45, 7) is 3.67. The van der Waals surface area contributed by atoms with Gasteiger partial charge in [-0.05, 0) is 49.9 Å². The molecule has 2 aliphatic rings. The van der Waals surface area contributed by atoms with Crippen LogP contribution < -0.4 is 10.1 Å². The molecule has 218 valence electrons. The largest absolute Gasteiger partial charge is 0.487 e. The van der Waals surface area contributed by atoms with Gasteiger partial charge in [-0.1, -0.05) is 25.5 Å². The monoisotopic (exact) mass is 564 g/mol. The molecule has 1 amide bonds. The standard InChI is InChI=1S/C17H25FN2O2.C11H9FO6/c1-3-6-15(19-2)17(21)20-11-9-13(10-12-20)22-16-8-5-4-7-14(16)18;12-8-3-1-7(2-4-8)11(16-5-6-17-11)18-10(15)9(13)14/h4-5,7-8,13,15,19H,3,6,9-12H2,1-2H3;1-4H,5-6H2,(H,13,14). The number of nitrogens with one attached hydrogen (secondary N) is 1. The van der Waals surface area contributed by atoms with Gasteiger partial charge in [-0.15, -0.1) is 0 Å². The lowest BCUT2D eigenvalue weighted by Gasteiger charge is -2.34. The highest BCUT2D eigenvalue weighted by Gasteiger charge is 2.44. The first-order chi connectivity index (χ1) is 19.2. The molecule has 0 aliphatic carbocycles. The molecular formula is C28H34F2N2O8. The number of carbonyl (C=O) groups is 3. The third-order valence-corrected chi connectivity index (χ3v) is 6.37. The number of carboxylic acid groups (broad SMARTS) is 1. The highest BCUT2D eigenvalue weighted by molar-refractivity contribution is 6.28. The van der Waals surface area contributed by atoms with Crippen LogP contribution in [-0.2, 0) is 34.6 Å². The molecule has 40 heavy (non-hydrogen) atoms. The maximum Gasteiger partial charge on any atom is 0.421 e. The molecule has 10 nitrogen and oxygen atoms in total. The van der Waals surface area contributed by atoms with E-state index in [1.807, 2.05) is 11.9 Å². The van der Waals surface area contributed by atoms with Gasteiger partial charge in [0.15, 0.2) is 11.6 Å². The molecule has 1 atom stereocenters. The van der Waals surface area contributed by atoms with Gasteiger partial charge in [-0.25, -0.2) is 18.4 Å². The summed E-state index contributed by atoms with van der Waals surface area (Å²) in [4.78, 5) is 35.8. The van der Waals surface area contributed by atoms with Gasteiger partial charge in [-0.3, -0.25) is 4.79 Å². The number of esters is 1. The molecule has 2 aromatic rings. The van der Waals surface area contributed by atoms with Gasteiger partial charge in [0.2, 0.25) is 5.91 Å². The summed E-state index contributed by atoms with van der Waals surface area (Å²) in [6.07, 6.45) is 3.27. The predicted molar refractivity (Wildman–Crippen MR) is 138 cm³/mol. The Balaban J connectivity index is 0.000000225. The first-order valence-corrected chi connectivity index (χ1v) is 13.1. The average molecular weight is 565 g/mol. The molecule has 2 aromatic carbocycles. The van der Waals surface area contributed by atoms with E-state index < -0.39 is 23.7 Å². The quantitative estimate of drug-likeness (QED) is 0.368. The number of hydrogen-bond acceptors (Lipinski definition) is 8. The average Bonchev–Trinajstić information content (AvgIpc) is 3.43. The first kappa shape index (κ1) is 30.9. The van der Waals surface area contributed by atoms with Crippen molar-refractivity contribution in [2.45, 2.75) is 50.7 Å². The van der Waals surface area contributed by atoms with Crippen molar-refractivity contribution in [2.24, 2.45) is 0 Å². The fraction of sp³-hybridized carbons (Fsp3) is 0.464. The molecular weight excluding hydrogens is 530 g/mol. The summed E-state index contributed by atoms with van der Waals surface area (Å²) in [6, 6.07) is 11.2. The number of para-hydroxylation sites is 1. The second-order valence-electron chi connectivity index (χ2n) is 9.16. The molecule has 1 unspecified atom stereocenters. The van der Waals surface area contributed by atoms with Gasteiger partial charge in [0.1, 0.15) is 11.9 Å². The van der Waals surface area contributed by atoms with Crippen LogP contribution in [0.25, 0.3) is 0 Å². The Labute approximate surface area is 231 Å². The van der Waals surface area contributed by atoms with Crippen LogP contribution in [0.5, 0.6) is 5.75 Å². The number of carbonyl (C=O) groups excluding carboxylic acids is 2.